The molecule has 0 fully saturated rings. The van der Waals surface area contributed by atoms with Gasteiger partial charge in [0.05, 0.1) is 0 Å². The third kappa shape index (κ3) is 49.5. The lowest BCUT2D eigenvalue weighted by Crippen LogP contribution is -2.30. The van der Waals surface area contributed by atoms with Gasteiger partial charge >= 0.3 is 17.9 Å². The van der Waals surface area contributed by atoms with Crippen molar-refractivity contribution in [3.05, 3.63) is 85.1 Å². The number of hydrogen-bond donors (Lipinski definition) is 0. The van der Waals surface area contributed by atoms with Gasteiger partial charge in [-0.05, 0) is 103 Å². The van der Waals surface area contributed by atoms with Crippen LogP contribution in [0.15, 0.2) is 85.1 Å². The Morgan fingerprint density at radius 2 is 0.683 bits per heavy atom. The standard InChI is InChI=1S/C57H96O6/c1-4-7-10-13-16-19-22-24-26-28-29-30-32-33-35-38-41-44-47-50-56(59)62-53-54(52-61-55(58)49-46-43-40-37-21-18-15-12-9-6-3)63-57(60)51-48-45-42-39-36-34-31-27-25-23-20-17-14-11-8-5-2/h7,10,15-16,18-19,24,26-27,29-31,34,36,54H,4-6,8-9,11-14,17,20-23,25,28,32-33,35,37-53H2,1-3H3/b10-7-,18-15-,19-16-,26-24-,30-29-,31-27-,36-34-. The summed E-state index contributed by atoms with van der Waals surface area (Å²) in [7, 11) is 0. The van der Waals surface area contributed by atoms with Crippen LogP contribution in [-0.2, 0) is 28.6 Å². The van der Waals surface area contributed by atoms with Crippen molar-refractivity contribution in [2.75, 3.05) is 13.2 Å². The smallest absolute Gasteiger partial charge is 0.306 e. The molecule has 0 aliphatic carbocycles. The molecule has 63 heavy (non-hydrogen) atoms. The third-order valence-corrected chi connectivity index (χ3v) is 10.9. The first kappa shape index (κ1) is 59.6. The van der Waals surface area contributed by atoms with Gasteiger partial charge in [0.25, 0.3) is 0 Å². The predicted molar refractivity (Wildman–Crippen MR) is 270 cm³/mol. The van der Waals surface area contributed by atoms with E-state index >= 15 is 0 Å². The maximum absolute atomic E-state index is 12.8. The molecule has 0 aliphatic heterocycles. The second kappa shape index (κ2) is 51.2. The topological polar surface area (TPSA) is 78.9 Å². The van der Waals surface area contributed by atoms with Crippen molar-refractivity contribution in [2.24, 2.45) is 0 Å². The normalized spacial score (nSPS) is 12.7. The minimum Gasteiger partial charge on any atom is -0.462 e. The SMILES string of the molecule is CC/C=C\C/C=C\C/C=C\C/C=C\CCCCCCCCC(=O)OCC(COC(=O)CCCCCC/C=C\CCCC)OC(=O)CCCCC/C=C\C=C/CCCCCCCCC. The van der Waals surface area contributed by atoms with E-state index < -0.39 is 6.10 Å². The average molecular weight is 877 g/mol. The highest BCUT2D eigenvalue weighted by molar-refractivity contribution is 5.71. The molecule has 0 saturated heterocycles. The van der Waals surface area contributed by atoms with Crippen molar-refractivity contribution in [3.63, 3.8) is 0 Å². The molecule has 0 aromatic carbocycles. The summed E-state index contributed by atoms with van der Waals surface area (Å²) in [6, 6.07) is 0. The Morgan fingerprint density at radius 3 is 1.14 bits per heavy atom. The van der Waals surface area contributed by atoms with Crippen LogP contribution in [0.2, 0.25) is 0 Å². The molecule has 0 saturated carbocycles. The Kier molecular flexibility index (Phi) is 48.5. The van der Waals surface area contributed by atoms with Crippen LogP contribution in [0.5, 0.6) is 0 Å². The molecule has 0 bridgehead atoms. The van der Waals surface area contributed by atoms with E-state index in [1.54, 1.807) is 0 Å². The zero-order valence-electron chi connectivity index (χ0n) is 41.1. The fourth-order valence-corrected chi connectivity index (χ4v) is 6.93. The third-order valence-electron chi connectivity index (χ3n) is 10.9. The summed E-state index contributed by atoms with van der Waals surface area (Å²) in [5, 5.41) is 0. The maximum Gasteiger partial charge on any atom is 0.306 e. The van der Waals surface area contributed by atoms with E-state index in [-0.39, 0.29) is 37.5 Å². The molecule has 6 heteroatoms. The molecule has 360 valence electrons. The van der Waals surface area contributed by atoms with Gasteiger partial charge < -0.3 is 14.2 Å². The number of hydrogen-bond acceptors (Lipinski definition) is 6. The Balaban J connectivity index is 4.42. The van der Waals surface area contributed by atoms with E-state index in [1.807, 2.05) is 0 Å². The quantitative estimate of drug-likeness (QED) is 0.0199. The fraction of sp³-hybridized carbons (Fsp3) is 0.702. The van der Waals surface area contributed by atoms with Crippen LogP contribution in [-0.4, -0.2) is 37.2 Å². The van der Waals surface area contributed by atoms with E-state index in [0.717, 1.165) is 128 Å². The van der Waals surface area contributed by atoms with Crippen molar-refractivity contribution in [1.29, 1.82) is 0 Å². The van der Waals surface area contributed by atoms with E-state index in [1.165, 1.54) is 70.6 Å². The highest BCUT2D eigenvalue weighted by atomic mass is 16.6. The summed E-state index contributed by atoms with van der Waals surface area (Å²) in [6.45, 7) is 6.43. The van der Waals surface area contributed by atoms with Crippen LogP contribution in [0, 0.1) is 0 Å². The number of carbonyl (C=O) groups excluding carboxylic acids is 3. The molecule has 0 spiro atoms. The van der Waals surface area contributed by atoms with Crippen LogP contribution in [0.3, 0.4) is 0 Å². The van der Waals surface area contributed by atoms with Crippen LogP contribution in [0.25, 0.3) is 0 Å². The molecule has 1 unspecified atom stereocenters. The number of ether oxygens (including phenoxy) is 3. The van der Waals surface area contributed by atoms with Crippen LogP contribution >= 0.6 is 0 Å². The molecular weight excluding hydrogens is 781 g/mol. The van der Waals surface area contributed by atoms with Crippen molar-refractivity contribution < 1.29 is 28.6 Å². The first-order valence-corrected chi connectivity index (χ1v) is 26.1. The first-order chi connectivity index (χ1) is 31.0. The summed E-state index contributed by atoms with van der Waals surface area (Å²) >= 11 is 0. The number of allylic oxidation sites excluding steroid dienone is 14. The van der Waals surface area contributed by atoms with Crippen LogP contribution < -0.4 is 0 Å². The van der Waals surface area contributed by atoms with Gasteiger partial charge in [-0.2, -0.15) is 0 Å². The van der Waals surface area contributed by atoms with Gasteiger partial charge in [0, 0.05) is 19.3 Å². The Morgan fingerprint density at radius 1 is 0.349 bits per heavy atom. The Labute approximate surface area is 388 Å². The molecule has 0 amide bonds. The van der Waals surface area contributed by atoms with Crippen LogP contribution in [0.4, 0.5) is 0 Å². The summed E-state index contributed by atoms with van der Waals surface area (Å²) in [6.07, 6.45) is 65.7. The van der Waals surface area contributed by atoms with Gasteiger partial charge in [-0.25, -0.2) is 0 Å². The van der Waals surface area contributed by atoms with Gasteiger partial charge in [-0.15, -0.1) is 0 Å². The number of unbranched alkanes of at least 4 members (excludes halogenated alkanes) is 22. The van der Waals surface area contributed by atoms with Gasteiger partial charge in [-0.3, -0.25) is 14.4 Å². The molecule has 0 rings (SSSR count). The number of carbonyl (C=O) groups is 3. The molecule has 0 N–H and O–H groups in total. The molecule has 0 aromatic heterocycles. The zero-order valence-corrected chi connectivity index (χ0v) is 41.1. The molecule has 0 aromatic rings. The lowest BCUT2D eigenvalue weighted by atomic mass is 10.1. The minimum absolute atomic E-state index is 0.0986. The fourth-order valence-electron chi connectivity index (χ4n) is 6.93. The van der Waals surface area contributed by atoms with Crippen LogP contribution in [0.1, 0.15) is 239 Å². The second-order valence-electron chi connectivity index (χ2n) is 17.1. The highest BCUT2D eigenvalue weighted by Gasteiger charge is 2.19. The largest absolute Gasteiger partial charge is 0.462 e. The molecule has 0 heterocycles. The molecule has 1 atom stereocenters. The summed E-state index contributed by atoms with van der Waals surface area (Å²) in [5.74, 6) is -0.953. The lowest BCUT2D eigenvalue weighted by Gasteiger charge is -2.18. The monoisotopic (exact) mass is 877 g/mol. The molecule has 0 aliphatic rings. The predicted octanol–water partition coefficient (Wildman–Crippen LogP) is 17.2. The van der Waals surface area contributed by atoms with Crippen molar-refractivity contribution >= 4 is 17.9 Å². The van der Waals surface area contributed by atoms with Crippen molar-refractivity contribution in [1.82, 2.24) is 0 Å². The average Bonchev–Trinajstić information content (AvgIpc) is 3.28. The number of rotatable bonds is 46. The maximum atomic E-state index is 12.8. The molecular formula is C57H96O6. The van der Waals surface area contributed by atoms with E-state index in [0.29, 0.717) is 12.8 Å². The summed E-state index contributed by atoms with van der Waals surface area (Å²) in [5.41, 5.74) is 0. The van der Waals surface area contributed by atoms with Gasteiger partial charge in [-0.1, -0.05) is 202 Å². The first-order valence-electron chi connectivity index (χ1n) is 26.1. The lowest BCUT2D eigenvalue weighted by molar-refractivity contribution is -0.167. The Hall–Kier alpha value is -3.41. The van der Waals surface area contributed by atoms with Gasteiger partial charge in [0.2, 0.25) is 0 Å². The second-order valence-corrected chi connectivity index (χ2v) is 17.1. The van der Waals surface area contributed by atoms with E-state index in [9.17, 15) is 14.4 Å². The Bertz CT molecular complexity index is 1240. The molecule has 6 nitrogen and oxygen atoms in total. The van der Waals surface area contributed by atoms with Crippen molar-refractivity contribution in [3.8, 4) is 0 Å². The molecule has 0 radical (unpaired) electrons. The summed E-state index contributed by atoms with van der Waals surface area (Å²) in [4.78, 5) is 37.9. The zero-order chi connectivity index (χ0) is 45.8. The minimum atomic E-state index is -0.800. The van der Waals surface area contributed by atoms with E-state index in [2.05, 4.69) is 106 Å². The highest BCUT2D eigenvalue weighted by Crippen LogP contribution is 2.13. The van der Waals surface area contributed by atoms with Gasteiger partial charge in [0.15, 0.2) is 6.10 Å². The van der Waals surface area contributed by atoms with E-state index in [4.69, 9.17) is 14.2 Å². The van der Waals surface area contributed by atoms with Crippen molar-refractivity contribution in [2.45, 2.75) is 245 Å². The summed E-state index contributed by atoms with van der Waals surface area (Å²) < 4.78 is 16.7. The number of esters is 3. The van der Waals surface area contributed by atoms with Gasteiger partial charge in [0.1, 0.15) is 13.2 Å².